The third kappa shape index (κ3) is 4.43. The monoisotopic (exact) mass is 602 g/mol. The molecule has 9 aromatic rings. The topological polar surface area (TPSA) is 0 Å². The summed E-state index contributed by atoms with van der Waals surface area (Å²) in [5.74, 6) is 0. The highest BCUT2D eigenvalue weighted by Gasteiger charge is 2.16. The molecule has 1 heterocycles. The van der Waals surface area contributed by atoms with E-state index in [0.29, 0.717) is 0 Å². The molecule has 9 rings (SSSR count). The lowest BCUT2D eigenvalue weighted by Crippen LogP contribution is -1.92. The van der Waals surface area contributed by atoms with Crippen LogP contribution in [0.5, 0.6) is 0 Å². The van der Waals surface area contributed by atoms with Crippen molar-refractivity contribution in [3.8, 4) is 22.3 Å². The van der Waals surface area contributed by atoms with Crippen molar-refractivity contribution in [2.75, 3.05) is 0 Å². The molecule has 1 aromatic heterocycles. The first-order valence-electron chi connectivity index (χ1n) is 15.9. The molecule has 0 aliphatic rings. The highest BCUT2D eigenvalue weighted by molar-refractivity contribution is 7.25. The highest BCUT2D eigenvalue weighted by atomic mass is 32.1. The number of hydrogen-bond acceptors (Lipinski definition) is 1. The van der Waals surface area contributed by atoms with Crippen LogP contribution < -0.4 is 0 Å². The molecule has 1 heteroatoms. The van der Waals surface area contributed by atoms with Crippen LogP contribution in [0.3, 0.4) is 0 Å². The summed E-state index contributed by atoms with van der Waals surface area (Å²) in [5.41, 5.74) is 7.74. The van der Waals surface area contributed by atoms with Gasteiger partial charge in [-0.1, -0.05) is 158 Å². The fraction of sp³-hybridized carbons (Fsp3) is 0.0222. The maximum atomic E-state index is 2.37. The Balaban J connectivity index is 1.18. The van der Waals surface area contributed by atoms with Crippen LogP contribution in [0.15, 0.2) is 164 Å². The Hall–Kier alpha value is -5.50. The Morgan fingerprint density at radius 3 is 2.02 bits per heavy atom. The second kappa shape index (κ2) is 11.1. The molecule has 0 aliphatic heterocycles. The number of benzene rings is 8. The molecule has 216 valence electrons. The van der Waals surface area contributed by atoms with Crippen LogP contribution in [0.2, 0.25) is 0 Å². The zero-order chi connectivity index (χ0) is 30.5. The Morgan fingerprint density at radius 2 is 1.13 bits per heavy atom. The maximum Gasteiger partial charge on any atom is 0.0361 e. The Morgan fingerprint density at radius 1 is 0.457 bits per heavy atom. The van der Waals surface area contributed by atoms with E-state index in [-0.39, 0.29) is 0 Å². The average Bonchev–Trinajstić information content (AvgIpc) is 3.50. The molecule has 0 radical (unpaired) electrons. The van der Waals surface area contributed by atoms with Crippen molar-refractivity contribution in [2.24, 2.45) is 0 Å². The van der Waals surface area contributed by atoms with Gasteiger partial charge in [-0.2, -0.15) is 0 Å². The van der Waals surface area contributed by atoms with E-state index in [0.717, 1.165) is 6.42 Å². The van der Waals surface area contributed by atoms with Gasteiger partial charge in [-0.3, -0.25) is 0 Å². The Kier molecular flexibility index (Phi) is 6.51. The smallest absolute Gasteiger partial charge is 0.0361 e. The molecule has 0 fully saturated rings. The van der Waals surface area contributed by atoms with Gasteiger partial charge < -0.3 is 0 Å². The van der Waals surface area contributed by atoms with Gasteiger partial charge in [0, 0.05) is 20.2 Å². The largest absolute Gasteiger partial charge is 0.135 e. The predicted octanol–water partition coefficient (Wildman–Crippen LogP) is 13.1. The van der Waals surface area contributed by atoms with Crippen LogP contribution in [0.4, 0.5) is 0 Å². The minimum atomic E-state index is 0.852. The van der Waals surface area contributed by atoms with E-state index in [4.69, 9.17) is 0 Å². The van der Waals surface area contributed by atoms with E-state index >= 15 is 0 Å². The minimum absolute atomic E-state index is 0.852. The Bertz CT molecular complexity index is 2600. The molecule has 0 bridgehead atoms. The summed E-state index contributed by atoms with van der Waals surface area (Å²) in [6.07, 6.45) is 5.57. The van der Waals surface area contributed by atoms with Gasteiger partial charge in [0.05, 0.1) is 0 Å². The maximum absolute atomic E-state index is 2.37. The van der Waals surface area contributed by atoms with Crippen LogP contribution in [0, 0.1) is 0 Å². The summed E-state index contributed by atoms with van der Waals surface area (Å²) in [6.45, 7) is 0. The van der Waals surface area contributed by atoms with Crippen LogP contribution in [-0.4, -0.2) is 0 Å². The number of hydrogen-bond donors (Lipinski definition) is 0. The molecule has 0 N–H and O–H groups in total. The molecule has 0 aliphatic carbocycles. The van der Waals surface area contributed by atoms with E-state index in [1.54, 1.807) is 0 Å². The Labute approximate surface area is 272 Å². The number of thiophene rings is 1. The highest BCUT2D eigenvalue weighted by Crippen LogP contribution is 2.43. The van der Waals surface area contributed by atoms with Crippen molar-refractivity contribution < 1.29 is 0 Å². The second-order valence-electron chi connectivity index (χ2n) is 12.0. The summed E-state index contributed by atoms with van der Waals surface area (Å²) in [6, 6.07) is 57.7. The van der Waals surface area contributed by atoms with Gasteiger partial charge >= 0.3 is 0 Å². The third-order valence-electron chi connectivity index (χ3n) is 9.35. The minimum Gasteiger partial charge on any atom is -0.135 e. The molecule has 8 aromatic carbocycles. The van der Waals surface area contributed by atoms with Gasteiger partial charge in [0.1, 0.15) is 0 Å². The summed E-state index contributed by atoms with van der Waals surface area (Å²) < 4.78 is 2.68. The summed E-state index contributed by atoms with van der Waals surface area (Å²) in [7, 11) is 0. The molecule has 0 atom stereocenters. The molecule has 0 spiro atoms. The van der Waals surface area contributed by atoms with E-state index in [9.17, 15) is 0 Å². The summed E-state index contributed by atoms with van der Waals surface area (Å²) in [4.78, 5) is 0. The molecule has 0 saturated heterocycles. The van der Waals surface area contributed by atoms with Crippen molar-refractivity contribution in [2.45, 2.75) is 6.42 Å². The molecule has 0 saturated carbocycles. The summed E-state index contributed by atoms with van der Waals surface area (Å²) in [5, 5.41) is 10.4. The molecule has 0 unspecified atom stereocenters. The van der Waals surface area contributed by atoms with Crippen molar-refractivity contribution in [3.05, 3.63) is 175 Å². The standard InChI is InChI=1S/C45H30S/c1-2-15-32(16-3-1)44-40-22-9-8-20-36(40)37(41-28-25-31-14-5-7-19-35(31)45(41)44)23-12-17-30-13-4-6-18-34(30)33-26-27-39-38-21-10-11-24-42(38)46-43(39)29-33/h1-16,18-29H,17H2/b23-12+. The van der Waals surface area contributed by atoms with Gasteiger partial charge in [-0.05, 0) is 84.3 Å². The van der Waals surface area contributed by atoms with E-state index < -0.39 is 0 Å². The number of allylic oxidation sites excluding steroid dienone is 1. The lowest BCUT2D eigenvalue weighted by atomic mass is 9.86. The summed E-state index contributed by atoms with van der Waals surface area (Å²) >= 11 is 1.88. The first-order chi connectivity index (χ1) is 22.8. The SMILES string of the molecule is C(=C\c1c2ccccc2c(-c2ccccc2)c2c1ccc1ccccc12)/Cc1ccccc1-c1ccc2c(c1)sc1ccccc12. The fourth-order valence-electron chi connectivity index (χ4n) is 7.24. The van der Waals surface area contributed by atoms with Crippen LogP contribution in [0.1, 0.15) is 11.1 Å². The first kappa shape index (κ1) is 26.9. The van der Waals surface area contributed by atoms with E-state index in [1.807, 2.05) is 11.3 Å². The lowest BCUT2D eigenvalue weighted by Gasteiger charge is -2.17. The van der Waals surface area contributed by atoms with Crippen LogP contribution in [0.25, 0.3) is 80.8 Å². The van der Waals surface area contributed by atoms with Crippen LogP contribution in [-0.2, 0) is 6.42 Å². The zero-order valence-electron chi connectivity index (χ0n) is 25.3. The molecule has 46 heavy (non-hydrogen) atoms. The zero-order valence-corrected chi connectivity index (χ0v) is 26.1. The number of rotatable bonds is 5. The normalized spacial score (nSPS) is 11.9. The lowest BCUT2D eigenvalue weighted by molar-refractivity contribution is 1.28. The van der Waals surface area contributed by atoms with E-state index in [2.05, 4.69) is 170 Å². The van der Waals surface area contributed by atoms with Gasteiger partial charge in [0.2, 0.25) is 0 Å². The number of fused-ring (bicyclic) bond motifs is 7. The predicted molar refractivity (Wildman–Crippen MR) is 202 cm³/mol. The first-order valence-corrected chi connectivity index (χ1v) is 16.7. The second-order valence-corrected chi connectivity index (χ2v) is 13.1. The molecular formula is C45H30S. The van der Waals surface area contributed by atoms with Gasteiger partial charge in [-0.25, -0.2) is 0 Å². The van der Waals surface area contributed by atoms with Crippen molar-refractivity contribution in [1.82, 2.24) is 0 Å². The third-order valence-corrected chi connectivity index (χ3v) is 10.5. The van der Waals surface area contributed by atoms with Gasteiger partial charge in [0.25, 0.3) is 0 Å². The molecule has 0 amide bonds. The van der Waals surface area contributed by atoms with Crippen molar-refractivity contribution in [1.29, 1.82) is 0 Å². The van der Waals surface area contributed by atoms with E-state index in [1.165, 1.54) is 85.9 Å². The van der Waals surface area contributed by atoms with Gasteiger partial charge in [0.15, 0.2) is 0 Å². The average molecular weight is 603 g/mol. The van der Waals surface area contributed by atoms with Crippen molar-refractivity contribution in [3.63, 3.8) is 0 Å². The van der Waals surface area contributed by atoms with Gasteiger partial charge in [-0.15, -0.1) is 11.3 Å². The van der Waals surface area contributed by atoms with Crippen LogP contribution >= 0.6 is 11.3 Å². The fourth-order valence-corrected chi connectivity index (χ4v) is 8.39. The molecular weight excluding hydrogens is 573 g/mol. The molecule has 0 nitrogen and oxygen atoms in total. The quantitative estimate of drug-likeness (QED) is 0.136. The van der Waals surface area contributed by atoms with Crippen molar-refractivity contribution >= 4 is 69.9 Å².